The number of pyridine rings is 1. The molecule has 1 aliphatic rings. The first-order valence-corrected chi connectivity index (χ1v) is 4.62. The Kier molecular flexibility index (Phi) is 2.06. The molecule has 1 aliphatic carbocycles. The zero-order valence-electron chi connectivity index (χ0n) is 7.83. The van der Waals surface area contributed by atoms with Gasteiger partial charge in [0.25, 0.3) is 0 Å². The second kappa shape index (κ2) is 3.09. The Morgan fingerprint density at radius 3 is 2.85 bits per heavy atom. The summed E-state index contributed by atoms with van der Waals surface area (Å²) in [7, 11) is 0. The van der Waals surface area contributed by atoms with Crippen LogP contribution in [0.4, 0.5) is 0 Å². The summed E-state index contributed by atoms with van der Waals surface area (Å²) < 4.78 is 0. The van der Waals surface area contributed by atoms with Crippen LogP contribution in [0.15, 0.2) is 24.5 Å². The number of nitrogens with one attached hydrogen (secondary N) is 1. The van der Waals surface area contributed by atoms with Gasteiger partial charge in [0.15, 0.2) is 0 Å². The maximum absolute atomic E-state index is 5.55. The van der Waals surface area contributed by atoms with E-state index in [1.807, 2.05) is 12.3 Å². The Morgan fingerprint density at radius 1 is 1.62 bits per heavy atom. The molecule has 0 bridgehead atoms. The molecule has 1 fully saturated rings. The van der Waals surface area contributed by atoms with Crippen molar-refractivity contribution in [2.75, 3.05) is 0 Å². The smallest absolute Gasteiger partial charge is 0.0528 e. The van der Waals surface area contributed by atoms with Crippen molar-refractivity contribution in [2.45, 2.75) is 25.8 Å². The highest BCUT2D eigenvalue weighted by molar-refractivity contribution is 5.19. The topological polar surface area (TPSA) is 50.9 Å². The molecular weight excluding hydrogens is 162 g/mol. The molecule has 70 valence electrons. The van der Waals surface area contributed by atoms with Gasteiger partial charge in [-0.15, -0.1) is 0 Å². The molecule has 0 amide bonds. The highest BCUT2D eigenvalue weighted by atomic mass is 15.2. The van der Waals surface area contributed by atoms with Crippen molar-refractivity contribution in [1.29, 1.82) is 0 Å². The average Bonchev–Trinajstić information content (AvgIpc) is 2.87. The lowest BCUT2D eigenvalue weighted by atomic mass is 9.94. The average molecular weight is 177 g/mol. The third-order valence-corrected chi connectivity index (χ3v) is 2.92. The van der Waals surface area contributed by atoms with Gasteiger partial charge in [-0.1, -0.05) is 13.0 Å². The molecule has 3 heteroatoms. The molecule has 3 nitrogen and oxygen atoms in total. The number of hydrogen-bond acceptors (Lipinski definition) is 3. The van der Waals surface area contributed by atoms with Crippen molar-refractivity contribution in [2.24, 2.45) is 11.3 Å². The van der Waals surface area contributed by atoms with Crippen LogP contribution < -0.4 is 11.3 Å². The van der Waals surface area contributed by atoms with Crippen LogP contribution in [0.25, 0.3) is 0 Å². The van der Waals surface area contributed by atoms with Crippen LogP contribution in [0.5, 0.6) is 0 Å². The van der Waals surface area contributed by atoms with Crippen LogP contribution in [0.1, 0.15) is 31.4 Å². The van der Waals surface area contributed by atoms with Gasteiger partial charge in [-0.2, -0.15) is 0 Å². The van der Waals surface area contributed by atoms with E-state index in [9.17, 15) is 0 Å². The van der Waals surface area contributed by atoms with Gasteiger partial charge in [0.1, 0.15) is 0 Å². The molecule has 2 rings (SSSR count). The van der Waals surface area contributed by atoms with E-state index >= 15 is 0 Å². The molecule has 13 heavy (non-hydrogen) atoms. The molecule has 1 heterocycles. The van der Waals surface area contributed by atoms with Crippen molar-refractivity contribution < 1.29 is 0 Å². The molecule has 0 saturated heterocycles. The van der Waals surface area contributed by atoms with Crippen molar-refractivity contribution >= 4 is 0 Å². The number of aromatic nitrogens is 1. The molecule has 0 spiro atoms. The van der Waals surface area contributed by atoms with Crippen LogP contribution in [-0.4, -0.2) is 4.98 Å². The second-order valence-electron chi connectivity index (χ2n) is 4.04. The fourth-order valence-electron chi connectivity index (χ4n) is 1.73. The van der Waals surface area contributed by atoms with E-state index in [4.69, 9.17) is 5.84 Å². The maximum atomic E-state index is 5.55. The van der Waals surface area contributed by atoms with E-state index in [2.05, 4.69) is 23.4 Å². The predicted octanol–water partition coefficient (Wildman–Crippen LogP) is 1.39. The lowest BCUT2D eigenvalue weighted by Crippen LogP contribution is -2.33. The normalized spacial score (nSPS) is 21.1. The second-order valence-corrected chi connectivity index (χ2v) is 4.04. The summed E-state index contributed by atoms with van der Waals surface area (Å²) in [6.07, 6.45) is 6.16. The molecule has 1 aromatic rings. The molecule has 1 saturated carbocycles. The number of rotatable bonds is 3. The Balaban J connectivity index is 2.23. The summed E-state index contributed by atoms with van der Waals surface area (Å²) in [4.78, 5) is 4.10. The monoisotopic (exact) mass is 177 g/mol. The fourth-order valence-corrected chi connectivity index (χ4v) is 1.73. The summed E-state index contributed by atoms with van der Waals surface area (Å²) >= 11 is 0. The van der Waals surface area contributed by atoms with Gasteiger partial charge >= 0.3 is 0 Å². The molecule has 1 atom stereocenters. The van der Waals surface area contributed by atoms with Gasteiger partial charge in [-0.25, -0.2) is 0 Å². The zero-order valence-corrected chi connectivity index (χ0v) is 7.83. The van der Waals surface area contributed by atoms with Gasteiger partial charge in [-0.05, 0) is 29.9 Å². The van der Waals surface area contributed by atoms with Gasteiger partial charge < -0.3 is 0 Å². The van der Waals surface area contributed by atoms with Gasteiger partial charge in [0.05, 0.1) is 6.04 Å². The number of nitrogens with zero attached hydrogens (tertiary/aromatic N) is 1. The SMILES string of the molecule is CC1(C(NN)c2cccnc2)CC1. The van der Waals surface area contributed by atoms with E-state index in [0.29, 0.717) is 5.41 Å². The van der Waals surface area contributed by atoms with Crippen molar-refractivity contribution in [3.05, 3.63) is 30.1 Å². The number of hydrazine groups is 1. The lowest BCUT2D eigenvalue weighted by molar-refractivity contribution is 0.371. The maximum Gasteiger partial charge on any atom is 0.0528 e. The first-order valence-electron chi connectivity index (χ1n) is 4.62. The van der Waals surface area contributed by atoms with Crippen LogP contribution in [-0.2, 0) is 0 Å². The third kappa shape index (κ3) is 1.57. The quantitative estimate of drug-likeness (QED) is 0.542. The highest BCUT2D eigenvalue weighted by Gasteiger charge is 2.45. The van der Waals surface area contributed by atoms with Gasteiger partial charge in [-0.3, -0.25) is 16.3 Å². The van der Waals surface area contributed by atoms with E-state index in [1.165, 1.54) is 18.4 Å². The predicted molar refractivity (Wildman–Crippen MR) is 51.6 cm³/mol. The standard InChI is InChI=1S/C10H15N3/c1-10(4-5-10)9(13-11)8-3-2-6-12-7-8/h2-3,6-7,9,13H,4-5,11H2,1H3. The first-order chi connectivity index (χ1) is 6.26. The van der Waals surface area contributed by atoms with Gasteiger partial charge in [0.2, 0.25) is 0 Å². The molecule has 0 aliphatic heterocycles. The van der Waals surface area contributed by atoms with E-state index in [-0.39, 0.29) is 6.04 Å². The van der Waals surface area contributed by atoms with Crippen molar-refractivity contribution in [3.63, 3.8) is 0 Å². The molecule has 0 radical (unpaired) electrons. The van der Waals surface area contributed by atoms with Crippen molar-refractivity contribution in [3.8, 4) is 0 Å². The van der Waals surface area contributed by atoms with Crippen molar-refractivity contribution in [1.82, 2.24) is 10.4 Å². The first kappa shape index (κ1) is 8.66. The lowest BCUT2D eigenvalue weighted by Gasteiger charge is -2.22. The van der Waals surface area contributed by atoms with E-state index in [0.717, 1.165) is 0 Å². The minimum absolute atomic E-state index is 0.251. The number of hydrogen-bond donors (Lipinski definition) is 2. The molecule has 1 unspecified atom stereocenters. The van der Waals surface area contributed by atoms with Gasteiger partial charge in [0, 0.05) is 12.4 Å². The Morgan fingerprint density at radius 2 is 2.38 bits per heavy atom. The molecular formula is C10H15N3. The summed E-state index contributed by atoms with van der Waals surface area (Å²) in [6, 6.07) is 4.27. The molecule has 0 aromatic carbocycles. The van der Waals surface area contributed by atoms with E-state index < -0.39 is 0 Å². The minimum Gasteiger partial charge on any atom is -0.271 e. The highest BCUT2D eigenvalue weighted by Crippen LogP contribution is 2.53. The minimum atomic E-state index is 0.251. The Hall–Kier alpha value is -0.930. The van der Waals surface area contributed by atoms with Crippen LogP contribution >= 0.6 is 0 Å². The third-order valence-electron chi connectivity index (χ3n) is 2.92. The largest absolute Gasteiger partial charge is 0.271 e. The Labute approximate surface area is 78.3 Å². The summed E-state index contributed by atoms with van der Waals surface area (Å²) in [6.45, 7) is 2.25. The van der Waals surface area contributed by atoms with E-state index in [1.54, 1.807) is 6.20 Å². The Bertz CT molecular complexity index is 279. The number of nitrogens with two attached hydrogens (primary N) is 1. The van der Waals surface area contributed by atoms with Crippen LogP contribution in [0, 0.1) is 5.41 Å². The van der Waals surface area contributed by atoms with Crippen LogP contribution in [0.2, 0.25) is 0 Å². The molecule has 1 aromatic heterocycles. The molecule has 3 N–H and O–H groups in total. The summed E-state index contributed by atoms with van der Waals surface area (Å²) in [5, 5.41) is 0. The zero-order chi connectivity index (χ0) is 9.31. The fraction of sp³-hybridized carbons (Fsp3) is 0.500. The summed E-state index contributed by atoms with van der Waals surface area (Å²) in [5.74, 6) is 5.55. The van der Waals surface area contributed by atoms with Crippen LogP contribution in [0.3, 0.4) is 0 Å². The summed E-state index contributed by atoms with van der Waals surface area (Å²) in [5.41, 5.74) is 4.41.